The van der Waals surface area contributed by atoms with E-state index in [2.05, 4.69) is 5.32 Å². The largest absolute Gasteiger partial charge is 0.493 e. The quantitative estimate of drug-likeness (QED) is 0.900. The zero-order chi connectivity index (χ0) is 13.0. The second kappa shape index (κ2) is 5.61. The van der Waals surface area contributed by atoms with Gasteiger partial charge in [-0.1, -0.05) is 6.07 Å². The van der Waals surface area contributed by atoms with Gasteiger partial charge < -0.3 is 10.1 Å². The second-order valence-corrected chi connectivity index (χ2v) is 4.55. The highest BCUT2D eigenvalue weighted by Gasteiger charge is 2.30. The smallest absolute Gasteiger partial charge is 0.416 e. The van der Waals surface area contributed by atoms with Crippen LogP contribution in [0.2, 0.25) is 0 Å². The van der Waals surface area contributed by atoms with E-state index < -0.39 is 11.7 Å². The van der Waals surface area contributed by atoms with E-state index in [1.165, 1.54) is 6.07 Å². The molecular formula is C13H16F3NO. The molecule has 2 nitrogen and oxygen atoms in total. The molecule has 1 aliphatic rings. The molecule has 1 aliphatic heterocycles. The number of ether oxygens (including phenoxy) is 1. The molecular weight excluding hydrogens is 243 g/mol. The molecule has 1 atom stereocenters. The van der Waals surface area contributed by atoms with Gasteiger partial charge in [-0.25, -0.2) is 0 Å². The van der Waals surface area contributed by atoms with Crippen molar-refractivity contribution >= 4 is 0 Å². The number of nitrogens with one attached hydrogen (secondary N) is 1. The van der Waals surface area contributed by atoms with E-state index >= 15 is 0 Å². The minimum atomic E-state index is -4.31. The summed E-state index contributed by atoms with van der Waals surface area (Å²) in [5.74, 6) is 0.670. The van der Waals surface area contributed by atoms with Crippen LogP contribution >= 0.6 is 0 Å². The van der Waals surface area contributed by atoms with Crippen molar-refractivity contribution in [3.8, 4) is 5.75 Å². The lowest BCUT2D eigenvalue weighted by molar-refractivity contribution is -0.137. The van der Waals surface area contributed by atoms with E-state index in [4.69, 9.17) is 4.74 Å². The molecule has 0 amide bonds. The van der Waals surface area contributed by atoms with Crippen molar-refractivity contribution in [2.24, 2.45) is 5.92 Å². The summed E-state index contributed by atoms with van der Waals surface area (Å²) >= 11 is 0. The Bertz CT molecular complexity index is 386. The van der Waals surface area contributed by atoms with Crippen LogP contribution in [0.25, 0.3) is 0 Å². The summed E-state index contributed by atoms with van der Waals surface area (Å²) in [6, 6.07) is 5.04. The van der Waals surface area contributed by atoms with Crippen LogP contribution < -0.4 is 10.1 Å². The molecule has 0 saturated carbocycles. The molecule has 0 unspecified atom stereocenters. The molecule has 1 N–H and O–H groups in total. The van der Waals surface area contributed by atoms with E-state index in [9.17, 15) is 13.2 Å². The van der Waals surface area contributed by atoms with Gasteiger partial charge in [0.25, 0.3) is 0 Å². The molecule has 1 heterocycles. The number of piperidine rings is 1. The number of hydrogen-bond acceptors (Lipinski definition) is 2. The van der Waals surface area contributed by atoms with E-state index in [0.717, 1.165) is 38.1 Å². The summed E-state index contributed by atoms with van der Waals surface area (Å²) in [6.07, 6.45) is -2.16. The standard InChI is InChI=1S/C13H16F3NO/c14-13(15,16)11-4-1-5-12(7-11)18-9-10-3-2-6-17-8-10/h1,4-5,7,10,17H,2-3,6,8-9H2/t10-/m0/s1. The highest BCUT2D eigenvalue weighted by Crippen LogP contribution is 2.31. The van der Waals surface area contributed by atoms with Crippen molar-refractivity contribution in [1.82, 2.24) is 5.32 Å². The number of benzene rings is 1. The molecule has 1 saturated heterocycles. The van der Waals surface area contributed by atoms with Crippen LogP contribution in [-0.2, 0) is 6.18 Å². The van der Waals surface area contributed by atoms with Crippen LogP contribution in [0.15, 0.2) is 24.3 Å². The Morgan fingerprint density at radius 1 is 1.33 bits per heavy atom. The first kappa shape index (κ1) is 13.2. The maximum absolute atomic E-state index is 12.5. The van der Waals surface area contributed by atoms with Gasteiger partial charge in [-0.15, -0.1) is 0 Å². The lowest BCUT2D eigenvalue weighted by atomic mass is 10.0. The average molecular weight is 259 g/mol. The van der Waals surface area contributed by atoms with Crippen molar-refractivity contribution < 1.29 is 17.9 Å². The van der Waals surface area contributed by atoms with Crippen LogP contribution in [-0.4, -0.2) is 19.7 Å². The van der Waals surface area contributed by atoms with Gasteiger partial charge in [0.05, 0.1) is 12.2 Å². The first-order valence-electron chi connectivity index (χ1n) is 6.06. The van der Waals surface area contributed by atoms with Gasteiger partial charge in [-0.2, -0.15) is 13.2 Å². The van der Waals surface area contributed by atoms with Gasteiger partial charge in [0.15, 0.2) is 0 Å². The fourth-order valence-corrected chi connectivity index (χ4v) is 2.04. The third-order valence-corrected chi connectivity index (χ3v) is 3.05. The van der Waals surface area contributed by atoms with E-state index in [-0.39, 0.29) is 5.75 Å². The van der Waals surface area contributed by atoms with Crippen LogP contribution in [0, 0.1) is 5.92 Å². The summed E-state index contributed by atoms with van der Waals surface area (Å²) in [4.78, 5) is 0. The molecule has 1 aromatic carbocycles. The van der Waals surface area contributed by atoms with Gasteiger partial charge in [0.2, 0.25) is 0 Å². The Morgan fingerprint density at radius 2 is 2.17 bits per heavy atom. The van der Waals surface area contributed by atoms with Gasteiger partial charge in [-0.3, -0.25) is 0 Å². The number of alkyl halides is 3. The van der Waals surface area contributed by atoms with Crippen LogP contribution in [0.4, 0.5) is 13.2 Å². The third kappa shape index (κ3) is 3.63. The molecule has 100 valence electrons. The zero-order valence-corrected chi connectivity index (χ0v) is 9.96. The van der Waals surface area contributed by atoms with Crippen LogP contribution in [0.5, 0.6) is 5.75 Å². The van der Waals surface area contributed by atoms with E-state index in [0.29, 0.717) is 12.5 Å². The minimum Gasteiger partial charge on any atom is -0.493 e. The Morgan fingerprint density at radius 3 is 2.83 bits per heavy atom. The SMILES string of the molecule is FC(F)(F)c1cccc(OC[C@H]2CCCNC2)c1. The molecule has 5 heteroatoms. The topological polar surface area (TPSA) is 21.3 Å². The van der Waals surface area contributed by atoms with E-state index in [1.807, 2.05) is 0 Å². The lowest BCUT2D eigenvalue weighted by Gasteiger charge is -2.22. The minimum absolute atomic E-state index is 0.287. The zero-order valence-electron chi connectivity index (χ0n) is 9.96. The Kier molecular flexibility index (Phi) is 4.11. The van der Waals surface area contributed by atoms with Crippen molar-refractivity contribution in [3.05, 3.63) is 29.8 Å². The molecule has 0 aliphatic carbocycles. The molecule has 0 aromatic heterocycles. The molecule has 0 radical (unpaired) electrons. The average Bonchev–Trinajstić information content (AvgIpc) is 2.37. The Labute approximate surface area is 104 Å². The summed E-state index contributed by atoms with van der Waals surface area (Å²) in [7, 11) is 0. The molecule has 1 aromatic rings. The van der Waals surface area contributed by atoms with Gasteiger partial charge in [0.1, 0.15) is 5.75 Å². The fraction of sp³-hybridized carbons (Fsp3) is 0.538. The van der Waals surface area contributed by atoms with Crippen molar-refractivity contribution in [2.75, 3.05) is 19.7 Å². The fourth-order valence-electron chi connectivity index (χ4n) is 2.04. The third-order valence-electron chi connectivity index (χ3n) is 3.05. The normalized spacial score (nSPS) is 20.7. The van der Waals surface area contributed by atoms with E-state index in [1.54, 1.807) is 6.07 Å². The Balaban J connectivity index is 1.92. The summed E-state index contributed by atoms with van der Waals surface area (Å²) in [6.45, 7) is 2.35. The summed E-state index contributed by atoms with van der Waals surface area (Å²) in [5, 5.41) is 3.25. The van der Waals surface area contributed by atoms with Crippen molar-refractivity contribution in [2.45, 2.75) is 19.0 Å². The summed E-state index contributed by atoms with van der Waals surface area (Å²) < 4.78 is 42.9. The number of halogens is 3. The van der Waals surface area contributed by atoms with Crippen molar-refractivity contribution in [1.29, 1.82) is 0 Å². The number of rotatable bonds is 3. The lowest BCUT2D eigenvalue weighted by Crippen LogP contribution is -2.33. The molecule has 0 bridgehead atoms. The first-order valence-corrected chi connectivity index (χ1v) is 6.06. The van der Waals surface area contributed by atoms with Gasteiger partial charge >= 0.3 is 6.18 Å². The maximum atomic E-state index is 12.5. The predicted molar refractivity (Wildman–Crippen MR) is 62.5 cm³/mol. The monoisotopic (exact) mass is 259 g/mol. The first-order chi connectivity index (χ1) is 8.55. The molecule has 18 heavy (non-hydrogen) atoms. The highest BCUT2D eigenvalue weighted by atomic mass is 19.4. The van der Waals surface area contributed by atoms with Gasteiger partial charge in [0, 0.05) is 12.5 Å². The Hall–Kier alpha value is -1.23. The van der Waals surface area contributed by atoms with Crippen molar-refractivity contribution in [3.63, 3.8) is 0 Å². The predicted octanol–water partition coefficient (Wildman–Crippen LogP) is 3.08. The number of hydrogen-bond donors (Lipinski definition) is 1. The highest BCUT2D eigenvalue weighted by molar-refractivity contribution is 5.30. The van der Waals surface area contributed by atoms with Crippen LogP contribution in [0.3, 0.4) is 0 Å². The molecule has 2 rings (SSSR count). The molecule has 0 spiro atoms. The molecule has 1 fully saturated rings. The second-order valence-electron chi connectivity index (χ2n) is 4.55. The summed E-state index contributed by atoms with van der Waals surface area (Å²) in [5.41, 5.74) is -0.665. The van der Waals surface area contributed by atoms with Gasteiger partial charge in [-0.05, 0) is 37.6 Å². The van der Waals surface area contributed by atoms with Crippen LogP contribution in [0.1, 0.15) is 18.4 Å². The maximum Gasteiger partial charge on any atom is 0.416 e.